The molecule has 136 valence electrons. The van der Waals surface area contributed by atoms with Gasteiger partial charge in [0, 0.05) is 37.2 Å². The normalized spacial score (nSPS) is 19.2. The molecule has 0 bridgehead atoms. The van der Waals surface area contributed by atoms with Crippen LogP contribution in [-0.4, -0.2) is 74.5 Å². The molecule has 1 N–H and O–H groups in total. The van der Waals surface area contributed by atoms with Crippen LogP contribution in [-0.2, 0) is 9.47 Å². The first-order chi connectivity index (χ1) is 11.3. The summed E-state index contributed by atoms with van der Waals surface area (Å²) in [6.07, 6.45) is 3.53. The second kappa shape index (κ2) is 13.9. The van der Waals surface area contributed by atoms with Gasteiger partial charge in [-0.3, -0.25) is 4.99 Å². The predicted octanol–water partition coefficient (Wildman–Crippen LogP) is 2.61. The summed E-state index contributed by atoms with van der Waals surface area (Å²) in [7, 11) is 0. The van der Waals surface area contributed by atoms with Crippen molar-refractivity contribution >= 4 is 17.7 Å². The molecular weight excluding hydrogens is 310 g/mol. The maximum absolute atomic E-state index is 5.59. The van der Waals surface area contributed by atoms with Crippen molar-refractivity contribution in [3.05, 3.63) is 0 Å². The minimum atomic E-state index is 0.659. The highest BCUT2D eigenvalue weighted by atomic mass is 32.2. The van der Waals surface area contributed by atoms with Crippen molar-refractivity contribution in [2.75, 3.05) is 58.4 Å². The van der Waals surface area contributed by atoms with E-state index in [2.05, 4.69) is 42.7 Å². The fraction of sp³-hybridized carbons (Fsp3) is 0.941. The zero-order valence-electron chi connectivity index (χ0n) is 15.2. The smallest absolute Gasteiger partial charge is 0.194 e. The second-order valence-electron chi connectivity index (χ2n) is 5.66. The van der Waals surface area contributed by atoms with Gasteiger partial charge in [0.15, 0.2) is 5.96 Å². The molecule has 0 radical (unpaired) electrons. The fourth-order valence-electron chi connectivity index (χ4n) is 2.37. The molecule has 1 heterocycles. The zero-order valence-corrected chi connectivity index (χ0v) is 16.0. The first-order valence-electron chi connectivity index (χ1n) is 9.12. The number of rotatable bonds is 11. The van der Waals surface area contributed by atoms with Crippen LogP contribution >= 0.6 is 11.8 Å². The number of ether oxygens (including phenoxy) is 2. The van der Waals surface area contributed by atoms with Crippen LogP contribution in [0.5, 0.6) is 0 Å². The molecule has 1 rings (SSSR count). The van der Waals surface area contributed by atoms with Crippen molar-refractivity contribution in [1.82, 2.24) is 10.2 Å². The number of nitrogens with zero attached hydrogens (tertiary/aromatic N) is 2. The SMILES string of the molecule is CCCCOCCOCCN=C(NCC)N1CCSC(CC)C1. The summed E-state index contributed by atoms with van der Waals surface area (Å²) < 4.78 is 11.1. The molecule has 1 aliphatic rings. The maximum atomic E-state index is 5.59. The van der Waals surface area contributed by atoms with Crippen LogP contribution in [0.25, 0.3) is 0 Å². The molecule has 6 heteroatoms. The molecule has 1 unspecified atom stereocenters. The van der Waals surface area contributed by atoms with Gasteiger partial charge in [0.1, 0.15) is 0 Å². The summed E-state index contributed by atoms with van der Waals surface area (Å²) in [5, 5.41) is 4.13. The number of aliphatic imine (C=N–C) groups is 1. The number of nitrogens with one attached hydrogen (secondary N) is 1. The Balaban J connectivity index is 2.21. The highest BCUT2D eigenvalue weighted by Crippen LogP contribution is 2.20. The largest absolute Gasteiger partial charge is 0.379 e. The summed E-state index contributed by atoms with van der Waals surface area (Å²) in [5.41, 5.74) is 0. The summed E-state index contributed by atoms with van der Waals surface area (Å²) in [6, 6.07) is 0. The Kier molecular flexibility index (Phi) is 12.5. The van der Waals surface area contributed by atoms with E-state index >= 15 is 0 Å². The van der Waals surface area contributed by atoms with Crippen molar-refractivity contribution in [3.63, 3.8) is 0 Å². The standard InChI is InChI=1S/C17H35N3O2S/c1-4-7-10-21-12-13-22-11-8-19-17(18-6-3)20-9-14-23-16(5-2)15-20/h16H,4-15H2,1-3H3,(H,18,19). The van der Waals surface area contributed by atoms with Gasteiger partial charge in [-0.1, -0.05) is 20.3 Å². The van der Waals surface area contributed by atoms with Gasteiger partial charge in [0.2, 0.25) is 0 Å². The Morgan fingerprint density at radius 1 is 1.17 bits per heavy atom. The van der Waals surface area contributed by atoms with E-state index in [1.807, 2.05) is 0 Å². The molecule has 5 nitrogen and oxygen atoms in total. The molecule has 0 saturated carbocycles. The van der Waals surface area contributed by atoms with Gasteiger partial charge < -0.3 is 19.7 Å². The third-order valence-electron chi connectivity index (χ3n) is 3.74. The lowest BCUT2D eigenvalue weighted by molar-refractivity contribution is 0.0497. The lowest BCUT2D eigenvalue weighted by Crippen LogP contribution is -2.48. The van der Waals surface area contributed by atoms with E-state index in [0.29, 0.717) is 26.4 Å². The Morgan fingerprint density at radius 3 is 2.65 bits per heavy atom. The van der Waals surface area contributed by atoms with Gasteiger partial charge >= 0.3 is 0 Å². The molecular formula is C17H35N3O2S. The van der Waals surface area contributed by atoms with Crippen molar-refractivity contribution in [2.45, 2.75) is 45.3 Å². The summed E-state index contributed by atoms with van der Waals surface area (Å²) >= 11 is 2.08. The third kappa shape index (κ3) is 9.42. The van der Waals surface area contributed by atoms with E-state index in [-0.39, 0.29) is 0 Å². The van der Waals surface area contributed by atoms with E-state index in [0.717, 1.165) is 43.9 Å². The van der Waals surface area contributed by atoms with Gasteiger partial charge in [0.25, 0.3) is 0 Å². The van der Waals surface area contributed by atoms with Crippen molar-refractivity contribution in [1.29, 1.82) is 0 Å². The average Bonchev–Trinajstić information content (AvgIpc) is 2.59. The van der Waals surface area contributed by atoms with Gasteiger partial charge in [0.05, 0.1) is 26.4 Å². The Morgan fingerprint density at radius 2 is 1.96 bits per heavy atom. The Bertz CT molecular complexity index is 316. The van der Waals surface area contributed by atoms with Crippen molar-refractivity contribution < 1.29 is 9.47 Å². The molecule has 23 heavy (non-hydrogen) atoms. The van der Waals surface area contributed by atoms with Crippen LogP contribution < -0.4 is 5.32 Å². The van der Waals surface area contributed by atoms with Gasteiger partial charge in [-0.25, -0.2) is 0 Å². The van der Waals surface area contributed by atoms with E-state index in [9.17, 15) is 0 Å². The summed E-state index contributed by atoms with van der Waals surface area (Å²) in [6.45, 7) is 13.2. The van der Waals surface area contributed by atoms with E-state index in [4.69, 9.17) is 14.5 Å². The number of thioether (sulfide) groups is 1. The van der Waals surface area contributed by atoms with Crippen LogP contribution in [0.2, 0.25) is 0 Å². The molecule has 1 aliphatic heterocycles. The van der Waals surface area contributed by atoms with E-state index < -0.39 is 0 Å². The molecule has 0 aromatic rings. The molecule has 0 spiro atoms. The number of guanidine groups is 1. The molecule has 0 amide bonds. The minimum Gasteiger partial charge on any atom is -0.379 e. The highest BCUT2D eigenvalue weighted by Gasteiger charge is 2.21. The maximum Gasteiger partial charge on any atom is 0.194 e. The van der Waals surface area contributed by atoms with Crippen LogP contribution in [0.1, 0.15) is 40.0 Å². The van der Waals surface area contributed by atoms with Crippen LogP contribution in [0.15, 0.2) is 4.99 Å². The Hall–Kier alpha value is -0.460. The monoisotopic (exact) mass is 345 g/mol. The lowest BCUT2D eigenvalue weighted by Gasteiger charge is -2.34. The van der Waals surface area contributed by atoms with Crippen LogP contribution in [0, 0.1) is 0 Å². The van der Waals surface area contributed by atoms with Gasteiger partial charge in [-0.2, -0.15) is 11.8 Å². The van der Waals surface area contributed by atoms with Crippen molar-refractivity contribution in [2.24, 2.45) is 4.99 Å². The van der Waals surface area contributed by atoms with Gasteiger partial charge in [-0.15, -0.1) is 0 Å². The first kappa shape index (κ1) is 20.6. The predicted molar refractivity (Wildman–Crippen MR) is 101 cm³/mol. The number of hydrogen-bond donors (Lipinski definition) is 1. The highest BCUT2D eigenvalue weighted by molar-refractivity contribution is 8.00. The first-order valence-corrected chi connectivity index (χ1v) is 10.2. The molecule has 1 fully saturated rings. The zero-order chi connectivity index (χ0) is 16.8. The van der Waals surface area contributed by atoms with Crippen LogP contribution in [0.4, 0.5) is 0 Å². The minimum absolute atomic E-state index is 0.659. The van der Waals surface area contributed by atoms with Crippen LogP contribution in [0.3, 0.4) is 0 Å². The number of unbranched alkanes of at least 4 members (excludes halogenated alkanes) is 1. The summed E-state index contributed by atoms with van der Waals surface area (Å²) in [4.78, 5) is 7.10. The van der Waals surface area contributed by atoms with E-state index in [1.165, 1.54) is 18.6 Å². The molecule has 1 atom stereocenters. The van der Waals surface area contributed by atoms with E-state index in [1.54, 1.807) is 0 Å². The topological polar surface area (TPSA) is 46.1 Å². The summed E-state index contributed by atoms with van der Waals surface area (Å²) in [5.74, 6) is 2.23. The number of hydrogen-bond acceptors (Lipinski definition) is 4. The average molecular weight is 346 g/mol. The molecule has 0 aromatic heterocycles. The third-order valence-corrected chi connectivity index (χ3v) is 5.11. The second-order valence-corrected chi connectivity index (χ2v) is 7.07. The quantitative estimate of drug-likeness (QED) is 0.354. The van der Waals surface area contributed by atoms with Crippen molar-refractivity contribution in [3.8, 4) is 0 Å². The Labute approximate surface area is 146 Å². The van der Waals surface area contributed by atoms with Gasteiger partial charge in [-0.05, 0) is 19.8 Å². The molecule has 1 saturated heterocycles. The molecule has 0 aliphatic carbocycles. The fourth-order valence-corrected chi connectivity index (χ4v) is 3.55. The molecule has 0 aromatic carbocycles. The lowest BCUT2D eigenvalue weighted by atomic mass is 10.3.